The largest absolute Gasteiger partial charge is 0.399 e. The number of nitrogen functional groups attached to an aromatic ring is 1. The Balaban J connectivity index is 2.62. The second kappa shape index (κ2) is 2.16. The van der Waals surface area contributed by atoms with Crippen molar-refractivity contribution in [3.8, 4) is 0 Å². The van der Waals surface area contributed by atoms with E-state index < -0.39 is 0 Å². The third-order valence-corrected chi connectivity index (χ3v) is 2.33. The molecule has 1 aromatic rings. The molecule has 11 heavy (non-hydrogen) atoms. The van der Waals surface area contributed by atoms with E-state index in [0.717, 1.165) is 18.7 Å². The maximum Gasteiger partial charge on any atom is 0.0377 e. The molecule has 1 heterocycles. The van der Waals surface area contributed by atoms with Gasteiger partial charge in [0.2, 0.25) is 0 Å². The molecular formula is C9H12N2. The molecule has 1 aromatic carbocycles. The van der Waals surface area contributed by atoms with E-state index >= 15 is 0 Å². The molecule has 0 fully saturated rings. The second-order valence-corrected chi connectivity index (χ2v) is 2.98. The van der Waals surface area contributed by atoms with Gasteiger partial charge in [0, 0.05) is 17.9 Å². The number of hydrogen-bond donors (Lipinski definition) is 2. The van der Waals surface area contributed by atoms with Gasteiger partial charge in [-0.3, -0.25) is 0 Å². The average Bonchev–Trinajstić information content (AvgIpc) is 2.45. The SMILES string of the molecule is Cc1c(N)ccc2c1CCN2. The zero-order chi connectivity index (χ0) is 7.84. The molecule has 0 saturated heterocycles. The number of hydrogen-bond acceptors (Lipinski definition) is 2. The summed E-state index contributed by atoms with van der Waals surface area (Å²) in [6, 6.07) is 4.02. The topological polar surface area (TPSA) is 38.0 Å². The van der Waals surface area contributed by atoms with E-state index in [2.05, 4.69) is 18.3 Å². The summed E-state index contributed by atoms with van der Waals surface area (Å²) in [4.78, 5) is 0. The van der Waals surface area contributed by atoms with Crippen LogP contribution in [0.1, 0.15) is 11.1 Å². The fourth-order valence-corrected chi connectivity index (χ4v) is 1.58. The number of nitrogens with one attached hydrogen (secondary N) is 1. The third-order valence-electron chi connectivity index (χ3n) is 2.33. The van der Waals surface area contributed by atoms with Crippen LogP contribution in [-0.2, 0) is 6.42 Å². The average molecular weight is 148 g/mol. The van der Waals surface area contributed by atoms with Crippen LogP contribution < -0.4 is 11.1 Å². The maximum atomic E-state index is 5.77. The van der Waals surface area contributed by atoms with Gasteiger partial charge >= 0.3 is 0 Å². The Morgan fingerprint density at radius 1 is 1.45 bits per heavy atom. The van der Waals surface area contributed by atoms with E-state index in [4.69, 9.17) is 5.73 Å². The number of anilines is 2. The fraction of sp³-hybridized carbons (Fsp3) is 0.333. The van der Waals surface area contributed by atoms with Crippen molar-refractivity contribution in [1.29, 1.82) is 0 Å². The monoisotopic (exact) mass is 148 g/mol. The van der Waals surface area contributed by atoms with E-state index in [9.17, 15) is 0 Å². The second-order valence-electron chi connectivity index (χ2n) is 2.98. The van der Waals surface area contributed by atoms with Crippen molar-refractivity contribution in [2.45, 2.75) is 13.3 Å². The van der Waals surface area contributed by atoms with E-state index in [-0.39, 0.29) is 0 Å². The summed E-state index contributed by atoms with van der Waals surface area (Å²) in [5.74, 6) is 0. The van der Waals surface area contributed by atoms with Gasteiger partial charge < -0.3 is 11.1 Å². The molecule has 1 aliphatic rings. The Morgan fingerprint density at radius 2 is 2.27 bits per heavy atom. The quantitative estimate of drug-likeness (QED) is 0.548. The van der Waals surface area contributed by atoms with Crippen molar-refractivity contribution < 1.29 is 0 Å². The summed E-state index contributed by atoms with van der Waals surface area (Å²) >= 11 is 0. The minimum atomic E-state index is 0.910. The number of rotatable bonds is 0. The molecule has 1 aliphatic heterocycles. The molecule has 0 radical (unpaired) electrons. The highest BCUT2D eigenvalue weighted by Crippen LogP contribution is 2.28. The molecule has 0 amide bonds. The molecular weight excluding hydrogens is 136 g/mol. The van der Waals surface area contributed by atoms with Gasteiger partial charge in [-0.1, -0.05) is 0 Å². The molecule has 3 N–H and O–H groups in total. The molecule has 2 rings (SSSR count). The fourth-order valence-electron chi connectivity index (χ4n) is 1.58. The molecule has 2 nitrogen and oxygen atoms in total. The van der Waals surface area contributed by atoms with Crippen molar-refractivity contribution in [3.05, 3.63) is 23.3 Å². The lowest BCUT2D eigenvalue weighted by atomic mass is 10.0. The highest BCUT2D eigenvalue weighted by atomic mass is 14.9. The van der Waals surface area contributed by atoms with Gasteiger partial charge in [0.05, 0.1) is 0 Å². The Hall–Kier alpha value is -1.18. The predicted molar refractivity (Wildman–Crippen MR) is 47.8 cm³/mol. The smallest absolute Gasteiger partial charge is 0.0377 e. The first-order chi connectivity index (χ1) is 5.29. The molecule has 0 aromatic heterocycles. The first-order valence-corrected chi connectivity index (χ1v) is 3.91. The minimum absolute atomic E-state index is 0.910. The Morgan fingerprint density at radius 3 is 3.09 bits per heavy atom. The van der Waals surface area contributed by atoms with Crippen LogP contribution >= 0.6 is 0 Å². The molecule has 58 valence electrons. The minimum Gasteiger partial charge on any atom is -0.399 e. The van der Waals surface area contributed by atoms with E-state index in [0.29, 0.717) is 0 Å². The summed E-state index contributed by atoms with van der Waals surface area (Å²) in [5.41, 5.74) is 10.6. The van der Waals surface area contributed by atoms with Crippen LogP contribution in [0.15, 0.2) is 12.1 Å². The predicted octanol–water partition coefficient (Wildman–Crippen LogP) is 1.55. The van der Waals surface area contributed by atoms with Crippen molar-refractivity contribution in [2.75, 3.05) is 17.6 Å². The summed E-state index contributed by atoms with van der Waals surface area (Å²) < 4.78 is 0. The molecule has 0 saturated carbocycles. The van der Waals surface area contributed by atoms with Crippen LogP contribution in [0.2, 0.25) is 0 Å². The molecule has 0 atom stereocenters. The van der Waals surface area contributed by atoms with Crippen molar-refractivity contribution in [3.63, 3.8) is 0 Å². The number of benzene rings is 1. The standard InChI is InChI=1S/C9H12N2/c1-6-7-4-5-11-9(7)3-2-8(6)10/h2-3,11H,4-5,10H2,1H3. The van der Waals surface area contributed by atoms with E-state index in [1.54, 1.807) is 0 Å². The zero-order valence-electron chi connectivity index (χ0n) is 6.65. The normalized spacial score (nSPS) is 14.3. The van der Waals surface area contributed by atoms with Crippen LogP contribution in [0.25, 0.3) is 0 Å². The molecule has 2 heteroatoms. The van der Waals surface area contributed by atoms with Crippen molar-refractivity contribution in [1.82, 2.24) is 0 Å². The number of fused-ring (bicyclic) bond motifs is 1. The lowest BCUT2D eigenvalue weighted by Crippen LogP contribution is -1.93. The Kier molecular flexibility index (Phi) is 1.28. The van der Waals surface area contributed by atoms with Gasteiger partial charge in [-0.05, 0) is 36.6 Å². The Bertz CT molecular complexity index is 292. The van der Waals surface area contributed by atoms with Crippen LogP contribution in [0.5, 0.6) is 0 Å². The van der Waals surface area contributed by atoms with E-state index in [1.807, 2.05) is 6.07 Å². The van der Waals surface area contributed by atoms with Gasteiger partial charge in [-0.2, -0.15) is 0 Å². The summed E-state index contributed by atoms with van der Waals surface area (Å²) in [6.45, 7) is 3.14. The number of nitrogens with two attached hydrogens (primary N) is 1. The van der Waals surface area contributed by atoms with Crippen LogP contribution in [0, 0.1) is 6.92 Å². The summed E-state index contributed by atoms with van der Waals surface area (Å²) in [7, 11) is 0. The molecule has 0 bridgehead atoms. The highest BCUT2D eigenvalue weighted by molar-refractivity contribution is 5.65. The lowest BCUT2D eigenvalue weighted by Gasteiger charge is -2.05. The zero-order valence-corrected chi connectivity index (χ0v) is 6.65. The molecule has 0 unspecified atom stereocenters. The first-order valence-electron chi connectivity index (χ1n) is 3.91. The van der Waals surface area contributed by atoms with Crippen LogP contribution in [-0.4, -0.2) is 6.54 Å². The van der Waals surface area contributed by atoms with Gasteiger partial charge in [0.25, 0.3) is 0 Å². The van der Waals surface area contributed by atoms with Crippen molar-refractivity contribution in [2.24, 2.45) is 0 Å². The van der Waals surface area contributed by atoms with Crippen molar-refractivity contribution >= 4 is 11.4 Å². The summed E-state index contributed by atoms with van der Waals surface area (Å²) in [6.07, 6.45) is 1.12. The van der Waals surface area contributed by atoms with Gasteiger partial charge in [-0.25, -0.2) is 0 Å². The lowest BCUT2D eigenvalue weighted by molar-refractivity contribution is 1.09. The van der Waals surface area contributed by atoms with Crippen LogP contribution in [0.4, 0.5) is 11.4 Å². The van der Waals surface area contributed by atoms with Crippen LogP contribution in [0.3, 0.4) is 0 Å². The first kappa shape index (κ1) is 6.53. The molecule has 0 aliphatic carbocycles. The van der Waals surface area contributed by atoms with Gasteiger partial charge in [0.1, 0.15) is 0 Å². The van der Waals surface area contributed by atoms with Gasteiger partial charge in [0.15, 0.2) is 0 Å². The highest BCUT2D eigenvalue weighted by Gasteiger charge is 2.12. The summed E-state index contributed by atoms with van der Waals surface area (Å²) in [5, 5.41) is 3.31. The maximum absolute atomic E-state index is 5.77. The Labute approximate surface area is 66.4 Å². The molecule has 0 spiro atoms. The third kappa shape index (κ3) is 0.862. The van der Waals surface area contributed by atoms with Gasteiger partial charge in [-0.15, -0.1) is 0 Å². The van der Waals surface area contributed by atoms with E-state index in [1.165, 1.54) is 16.8 Å².